The smallest absolute Gasteiger partial charge is 0.254 e. The number of carbonyl (C=O) groups is 1. The molecule has 3 rings (SSSR count). The minimum Gasteiger partial charge on any atom is -0.333 e. The van der Waals surface area contributed by atoms with Gasteiger partial charge in [0.15, 0.2) is 0 Å². The highest BCUT2D eigenvalue weighted by Gasteiger charge is 2.25. The standard InChI is InChI=1S/C22H28N2O/c1-18-11-13-20(14-12-18)22(25)23(2)21(19-9-5-3-6-10-19)17-24-15-7-4-8-16-24/h3,5-6,9-14,21H,4,7-8,15-17H2,1-2H3. The maximum Gasteiger partial charge on any atom is 0.254 e. The number of hydrogen-bond acceptors (Lipinski definition) is 2. The zero-order valence-electron chi connectivity index (χ0n) is 15.3. The number of amides is 1. The van der Waals surface area contributed by atoms with Crippen LogP contribution in [0.15, 0.2) is 54.6 Å². The molecule has 1 saturated heterocycles. The molecule has 1 aliphatic heterocycles. The van der Waals surface area contributed by atoms with Crippen LogP contribution in [0.5, 0.6) is 0 Å². The largest absolute Gasteiger partial charge is 0.333 e. The summed E-state index contributed by atoms with van der Waals surface area (Å²) in [6, 6.07) is 18.4. The van der Waals surface area contributed by atoms with Crippen molar-refractivity contribution in [2.24, 2.45) is 0 Å². The fourth-order valence-electron chi connectivity index (χ4n) is 3.55. The van der Waals surface area contributed by atoms with Crippen LogP contribution in [0.2, 0.25) is 0 Å². The summed E-state index contributed by atoms with van der Waals surface area (Å²) in [4.78, 5) is 17.4. The third-order valence-corrected chi connectivity index (χ3v) is 5.15. The van der Waals surface area contributed by atoms with E-state index in [2.05, 4.69) is 29.2 Å². The number of rotatable bonds is 5. The van der Waals surface area contributed by atoms with Gasteiger partial charge in [-0.25, -0.2) is 0 Å². The summed E-state index contributed by atoms with van der Waals surface area (Å²) in [5.41, 5.74) is 3.14. The number of carbonyl (C=O) groups excluding carboxylic acids is 1. The molecule has 0 bridgehead atoms. The van der Waals surface area contributed by atoms with E-state index in [4.69, 9.17) is 0 Å². The molecule has 132 valence electrons. The second kappa shape index (κ2) is 8.30. The van der Waals surface area contributed by atoms with Gasteiger partial charge >= 0.3 is 0 Å². The Morgan fingerprint density at radius 1 is 1.00 bits per heavy atom. The van der Waals surface area contributed by atoms with Crippen molar-refractivity contribution in [3.05, 3.63) is 71.3 Å². The molecule has 0 saturated carbocycles. The zero-order valence-corrected chi connectivity index (χ0v) is 15.3. The van der Waals surface area contributed by atoms with E-state index in [0.29, 0.717) is 0 Å². The molecule has 0 N–H and O–H groups in total. The van der Waals surface area contributed by atoms with E-state index in [9.17, 15) is 4.79 Å². The molecule has 1 amide bonds. The lowest BCUT2D eigenvalue weighted by molar-refractivity contribution is 0.0674. The van der Waals surface area contributed by atoms with E-state index >= 15 is 0 Å². The van der Waals surface area contributed by atoms with Gasteiger partial charge < -0.3 is 9.80 Å². The molecular weight excluding hydrogens is 308 g/mol. The van der Waals surface area contributed by atoms with Crippen LogP contribution in [0.25, 0.3) is 0 Å². The second-order valence-electron chi connectivity index (χ2n) is 7.07. The molecule has 0 radical (unpaired) electrons. The van der Waals surface area contributed by atoms with Gasteiger partial charge in [-0.15, -0.1) is 0 Å². The van der Waals surface area contributed by atoms with Crippen molar-refractivity contribution in [3.8, 4) is 0 Å². The van der Waals surface area contributed by atoms with E-state index in [1.54, 1.807) is 0 Å². The van der Waals surface area contributed by atoms with E-state index < -0.39 is 0 Å². The summed E-state index contributed by atoms with van der Waals surface area (Å²) in [6.45, 7) is 5.21. The van der Waals surface area contributed by atoms with Gasteiger partial charge in [-0.1, -0.05) is 54.4 Å². The minimum absolute atomic E-state index is 0.0769. The molecule has 0 aliphatic carbocycles. The second-order valence-corrected chi connectivity index (χ2v) is 7.07. The number of piperidine rings is 1. The van der Waals surface area contributed by atoms with Crippen molar-refractivity contribution in [2.75, 3.05) is 26.7 Å². The van der Waals surface area contributed by atoms with Gasteiger partial charge in [0.25, 0.3) is 5.91 Å². The van der Waals surface area contributed by atoms with E-state index in [0.717, 1.165) is 25.2 Å². The molecule has 1 heterocycles. The zero-order chi connectivity index (χ0) is 17.6. The predicted molar refractivity (Wildman–Crippen MR) is 103 cm³/mol. The van der Waals surface area contributed by atoms with Crippen molar-refractivity contribution in [1.29, 1.82) is 0 Å². The van der Waals surface area contributed by atoms with Crippen molar-refractivity contribution in [3.63, 3.8) is 0 Å². The Morgan fingerprint density at radius 3 is 2.28 bits per heavy atom. The van der Waals surface area contributed by atoms with Crippen LogP contribution in [0.3, 0.4) is 0 Å². The van der Waals surface area contributed by atoms with Gasteiger partial charge in [0.1, 0.15) is 0 Å². The van der Waals surface area contributed by atoms with Crippen LogP contribution in [-0.2, 0) is 0 Å². The molecular formula is C22H28N2O. The molecule has 3 nitrogen and oxygen atoms in total. The topological polar surface area (TPSA) is 23.6 Å². The average Bonchev–Trinajstić information content (AvgIpc) is 2.67. The first-order valence-corrected chi connectivity index (χ1v) is 9.26. The summed E-state index contributed by atoms with van der Waals surface area (Å²) in [7, 11) is 1.93. The number of benzene rings is 2. The first-order chi connectivity index (χ1) is 12.1. The lowest BCUT2D eigenvalue weighted by Gasteiger charge is -2.35. The summed E-state index contributed by atoms with van der Waals surface area (Å²) < 4.78 is 0. The van der Waals surface area contributed by atoms with Crippen LogP contribution >= 0.6 is 0 Å². The van der Waals surface area contributed by atoms with Gasteiger partial charge in [-0.2, -0.15) is 0 Å². The fraction of sp³-hybridized carbons (Fsp3) is 0.409. The average molecular weight is 336 g/mol. The predicted octanol–water partition coefficient (Wildman–Crippen LogP) is 4.29. The van der Waals surface area contributed by atoms with Gasteiger partial charge in [-0.3, -0.25) is 4.79 Å². The quantitative estimate of drug-likeness (QED) is 0.813. The number of nitrogens with zero attached hydrogens (tertiary/aromatic N) is 2. The Labute approximate surface area is 151 Å². The molecule has 1 atom stereocenters. The highest BCUT2D eigenvalue weighted by atomic mass is 16.2. The SMILES string of the molecule is Cc1ccc(C(=O)N(C)C(CN2CCCCC2)c2ccccc2)cc1. The summed E-state index contributed by atoms with van der Waals surface area (Å²) in [5, 5.41) is 0. The summed E-state index contributed by atoms with van der Waals surface area (Å²) in [6.07, 6.45) is 3.85. The molecule has 2 aromatic rings. The van der Waals surface area contributed by atoms with Crippen LogP contribution in [0.4, 0.5) is 0 Å². The van der Waals surface area contributed by atoms with Gasteiger partial charge in [0, 0.05) is 19.2 Å². The Kier molecular flexibility index (Phi) is 5.87. The molecule has 2 aromatic carbocycles. The normalized spacial score (nSPS) is 16.4. The molecule has 0 aromatic heterocycles. The van der Waals surface area contributed by atoms with Crippen LogP contribution in [-0.4, -0.2) is 42.4 Å². The van der Waals surface area contributed by atoms with Crippen molar-refractivity contribution >= 4 is 5.91 Å². The molecule has 25 heavy (non-hydrogen) atoms. The summed E-state index contributed by atoms with van der Waals surface area (Å²) in [5.74, 6) is 0.0888. The van der Waals surface area contributed by atoms with E-state index in [1.807, 2.05) is 49.2 Å². The number of hydrogen-bond donors (Lipinski definition) is 0. The van der Waals surface area contributed by atoms with Gasteiger partial charge in [0.05, 0.1) is 6.04 Å². The lowest BCUT2D eigenvalue weighted by Crippen LogP contribution is -2.41. The van der Waals surface area contributed by atoms with Crippen molar-refractivity contribution < 1.29 is 4.79 Å². The number of likely N-dealkylation sites (tertiary alicyclic amines) is 1. The molecule has 3 heteroatoms. The highest BCUT2D eigenvalue weighted by Crippen LogP contribution is 2.24. The van der Waals surface area contributed by atoms with Crippen LogP contribution in [0, 0.1) is 6.92 Å². The maximum atomic E-state index is 13.0. The minimum atomic E-state index is 0.0769. The highest BCUT2D eigenvalue weighted by molar-refractivity contribution is 5.94. The fourth-order valence-corrected chi connectivity index (χ4v) is 3.55. The Morgan fingerprint density at radius 2 is 1.64 bits per heavy atom. The number of aryl methyl sites for hydroxylation is 1. The van der Waals surface area contributed by atoms with E-state index in [1.165, 1.54) is 30.4 Å². The Hall–Kier alpha value is -2.13. The number of likely N-dealkylation sites (N-methyl/N-ethyl adjacent to an activating group) is 1. The molecule has 1 fully saturated rings. The van der Waals surface area contributed by atoms with Crippen molar-refractivity contribution in [1.82, 2.24) is 9.80 Å². The van der Waals surface area contributed by atoms with Crippen LogP contribution in [0.1, 0.15) is 46.8 Å². The van der Waals surface area contributed by atoms with E-state index in [-0.39, 0.29) is 11.9 Å². The Bertz CT molecular complexity index is 675. The third-order valence-electron chi connectivity index (χ3n) is 5.15. The molecule has 1 unspecified atom stereocenters. The Balaban J connectivity index is 1.82. The maximum absolute atomic E-state index is 13.0. The van der Waals surface area contributed by atoms with Crippen molar-refractivity contribution in [2.45, 2.75) is 32.2 Å². The van der Waals surface area contributed by atoms with Crippen LogP contribution < -0.4 is 0 Å². The molecule has 1 aliphatic rings. The lowest BCUT2D eigenvalue weighted by atomic mass is 10.0. The first-order valence-electron chi connectivity index (χ1n) is 9.26. The first kappa shape index (κ1) is 17.7. The van der Waals surface area contributed by atoms with Gasteiger partial charge in [0.2, 0.25) is 0 Å². The van der Waals surface area contributed by atoms with Gasteiger partial charge in [-0.05, 0) is 50.6 Å². The summed E-state index contributed by atoms with van der Waals surface area (Å²) >= 11 is 0. The molecule has 0 spiro atoms. The third kappa shape index (κ3) is 4.49. The monoisotopic (exact) mass is 336 g/mol.